The molecule has 2 aromatic heterocycles. The Bertz CT molecular complexity index is 632. The number of nitrogens with zero attached hydrogens (tertiary/aromatic N) is 6. The Balaban J connectivity index is 1.40. The van der Waals surface area contributed by atoms with Crippen LogP contribution in [0.3, 0.4) is 0 Å². The van der Waals surface area contributed by atoms with E-state index < -0.39 is 0 Å². The van der Waals surface area contributed by atoms with Crippen LogP contribution in [0.15, 0.2) is 31.0 Å². The fraction of sp³-hybridized carbons (Fsp3) is 0.500. The number of aryl methyl sites for hydroxylation is 1. The summed E-state index contributed by atoms with van der Waals surface area (Å²) in [6, 6.07) is 1.87. The molecule has 2 atom stereocenters. The van der Waals surface area contributed by atoms with Crippen LogP contribution in [0.5, 0.6) is 0 Å². The quantitative estimate of drug-likeness (QED) is 0.846. The molecule has 2 aromatic rings. The number of rotatable bonds is 3. The van der Waals surface area contributed by atoms with Gasteiger partial charge in [-0.15, -0.1) is 0 Å². The molecule has 6 heteroatoms. The van der Waals surface area contributed by atoms with Crippen LogP contribution in [0, 0.1) is 18.8 Å². The van der Waals surface area contributed by atoms with Crippen LogP contribution < -0.4 is 4.90 Å². The smallest absolute Gasteiger partial charge is 0.142 e. The second kappa shape index (κ2) is 5.61. The number of fused-ring (bicyclic) bond motifs is 1. The average molecular weight is 296 g/mol. The molecule has 0 saturated carbocycles. The Kier molecular flexibility index (Phi) is 3.46. The highest BCUT2D eigenvalue weighted by molar-refractivity contribution is 5.46. The van der Waals surface area contributed by atoms with Crippen molar-refractivity contribution in [1.29, 1.82) is 0 Å². The van der Waals surface area contributed by atoms with Crippen LogP contribution in [0.1, 0.15) is 11.4 Å². The van der Waals surface area contributed by atoms with Crippen molar-refractivity contribution in [3.8, 4) is 0 Å². The molecule has 0 bridgehead atoms. The molecule has 0 aliphatic carbocycles. The van der Waals surface area contributed by atoms with Gasteiger partial charge in [0, 0.05) is 50.3 Å². The molecule has 114 valence electrons. The van der Waals surface area contributed by atoms with E-state index in [1.807, 2.05) is 24.7 Å². The van der Waals surface area contributed by atoms with E-state index in [2.05, 4.69) is 36.7 Å². The first-order valence-electron chi connectivity index (χ1n) is 7.79. The summed E-state index contributed by atoms with van der Waals surface area (Å²) >= 11 is 0. The summed E-state index contributed by atoms with van der Waals surface area (Å²) in [6.45, 7) is 7.39. The molecule has 0 N–H and O–H groups in total. The van der Waals surface area contributed by atoms with Gasteiger partial charge in [0.25, 0.3) is 0 Å². The molecule has 0 radical (unpaired) electrons. The monoisotopic (exact) mass is 296 g/mol. The normalized spacial score (nSPS) is 24.7. The van der Waals surface area contributed by atoms with Crippen molar-refractivity contribution in [3.05, 3.63) is 42.4 Å². The zero-order valence-electron chi connectivity index (χ0n) is 12.8. The predicted octanol–water partition coefficient (Wildman–Crippen LogP) is 1.14. The molecule has 2 aliphatic rings. The number of aromatic nitrogens is 4. The Labute approximate surface area is 130 Å². The molecule has 2 unspecified atom stereocenters. The zero-order chi connectivity index (χ0) is 14.9. The summed E-state index contributed by atoms with van der Waals surface area (Å²) in [5.41, 5.74) is 1.16. The van der Waals surface area contributed by atoms with Gasteiger partial charge in [-0.25, -0.2) is 19.9 Å². The zero-order valence-corrected chi connectivity index (χ0v) is 12.8. The highest BCUT2D eigenvalue weighted by Gasteiger charge is 2.40. The topological polar surface area (TPSA) is 58.0 Å². The van der Waals surface area contributed by atoms with Gasteiger partial charge in [0.1, 0.15) is 18.0 Å². The summed E-state index contributed by atoms with van der Waals surface area (Å²) < 4.78 is 0. The SMILES string of the molecule is Cc1cncnc1N1CC2CN(Cc3ncccn3)CC2C1. The van der Waals surface area contributed by atoms with E-state index >= 15 is 0 Å². The van der Waals surface area contributed by atoms with Crippen LogP contribution in [0.2, 0.25) is 0 Å². The molecule has 0 aromatic carbocycles. The highest BCUT2D eigenvalue weighted by Crippen LogP contribution is 2.34. The number of likely N-dealkylation sites (tertiary alicyclic amines) is 1. The van der Waals surface area contributed by atoms with Gasteiger partial charge in [-0.2, -0.15) is 0 Å². The maximum absolute atomic E-state index is 4.46. The number of hydrogen-bond donors (Lipinski definition) is 0. The maximum atomic E-state index is 4.46. The van der Waals surface area contributed by atoms with Gasteiger partial charge in [-0.3, -0.25) is 4.90 Å². The molecule has 2 aliphatic heterocycles. The van der Waals surface area contributed by atoms with Crippen molar-refractivity contribution < 1.29 is 0 Å². The Hall–Kier alpha value is -2.08. The van der Waals surface area contributed by atoms with E-state index in [0.717, 1.165) is 61.8 Å². The fourth-order valence-corrected chi connectivity index (χ4v) is 3.73. The molecule has 22 heavy (non-hydrogen) atoms. The third-order valence-electron chi connectivity index (χ3n) is 4.71. The maximum Gasteiger partial charge on any atom is 0.142 e. The lowest BCUT2D eigenvalue weighted by molar-refractivity contribution is 0.301. The third kappa shape index (κ3) is 2.54. The van der Waals surface area contributed by atoms with Gasteiger partial charge in [0.2, 0.25) is 0 Å². The largest absolute Gasteiger partial charge is 0.356 e. The van der Waals surface area contributed by atoms with E-state index in [1.54, 1.807) is 6.33 Å². The van der Waals surface area contributed by atoms with Gasteiger partial charge >= 0.3 is 0 Å². The van der Waals surface area contributed by atoms with Crippen molar-refractivity contribution in [2.24, 2.45) is 11.8 Å². The minimum absolute atomic E-state index is 0.720. The number of anilines is 1. The van der Waals surface area contributed by atoms with Gasteiger partial charge in [0.15, 0.2) is 0 Å². The van der Waals surface area contributed by atoms with Crippen LogP contribution in [-0.4, -0.2) is 51.0 Å². The molecular weight excluding hydrogens is 276 g/mol. The third-order valence-corrected chi connectivity index (χ3v) is 4.71. The van der Waals surface area contributed by atoms with Crippen molar-refractivity contribution in [2.45, 2.75) is 13.5 Å². The average Bonchev–Trinajstić information content (AvgIpc) is 3.07. The first-order valence-corrected chi connectivity index (χ1v) is 7.79. The molecule has 2 fully saturated rings. The molecule has 2 saturated heterocycles. The van der Waals surface area contributed by atoms with E-state index in [1.165, 1.54) is 0 Å². The second-order valence-corrected chi connectivity index (χ2v) is 6.31. The molecule has 0 spiro atoms. The first kappa shape index (κ1) is 13.6. The van der Waals surface area contributed by atoms with E-state index in [9.17, 15) is 0 Å². The van der Waals surface area contributed by atoms with Crippen LogP contribution in [0.25, 0.3) is 0 Å². The van der Waals surface area contributed by atoms with Crippen LogP contribution in [-0.2, 0) is 6.54 Å². The fourth-order valence-electron chi connectivity index (χ4n) is 3.73. The van der Waals surface area contributed by atoms with Crippen molar-refractivity contribution in [2.75, 3.05) is 31.1 Å². The van der Waals surface area contributed by atoms with E-state index in [0.29, 0.717) is 0 Å². The van der Waals surface area contributed by atoms with Gasteiger partial charge in [-0.05, 0) is 24.8 Å². The molecule has 4 rings (SSSR count). The van der Waals surface area contributed by atoms with Gasteiger partial charge in [-0.1, -0.05) is 0 Å². The van der Waals surface area contributed by atoms with Crippen LogP contribution >= 0.6 is 0 Å². The lowest BCUT2D eigenvalue weighted by Crippen LogP contribution is -2.29. The summed E-state index contributed by atoms with van der Waals surface area (Å²) in [5.74, 6) is 3.46. The van der Waals surface area contributed by atoms with Crippen LogP contribution in [0.4, 0.5) is 5.82 Å². The summed E-state index contributed by atoms with van der Waals surface area (Å²) in [7, 11) is 0. The lowest BCUT2D eigenvalue weighted by atomic mass is 10.0. The number of hydrogen-bond acceptors (Lipinski definition) is 6. The Morgan fingerprint density at radius 2 is 1.77 bits per heavy atom. The van der Waals surface area contributed by atoms with Crippen molar-refractivity contribution in [1.82, 2.24) is 24.8 Å². The van der Waals surface area contributed by atoms with Crippen molar-refractivity contribution in [3.63, 3.8) is 0 Å². The van der Waals surface area contributed by atoms with E-state index in [-0.39, 0.29) is 0 Å². The minimum atomic E-state index is 0.720. The molecule has 4 heterocycles. The van der Waals surface area contributed by atoms with Gasteiger partial charge < -0.3 is 4.90 Å². The standard InChI is InChI=1S/C16H20N6/c1-12-5-17-11-20-16(12)22-8-13-6-21(7-14(13)9-22)10-15-18-3-2-4-19-15/h2-5,11,13-14H,6-10H2,1H3. The lowest BCUT2D eigenvalue weighted by Gasteiger charge is -2.22. The molecule has 0 amide bonds. The highest BCUT2D eigenvalue weighted by atomic mass is 15.3. The predicted molar refractivity (Wildman–Crippen MR) is 83.3 cm³/mol. The Morgan fingerprint density at radius 1 is 1.05 bits per heavy atom. The molecule has 6 nitrogen and oxygen atoms in total. The Morgan fingerprint density at radius 3 is 2.45 bits per heavy atom. The summed E-state index contributed by atoms with van der Waals surface area (Å²) in [4.78, 5) is 22.1. The van der Waals surface area contributed by atoms with Crippen molar-refractivity contribution >= 4 is 5.82 Å². The second-order valence-electron chi connectivity index (χ2n) is 6.31. The first-order chi connectivity index (χ1) is 10.8. The van der Waals surface area contributed by atoms with E-state index in [4.69, 9.17) is 0 Å². The van der Waals surface area contributed by atoms with Gasteiger partial charge in [0.05, 0.1) is 6.54 Å². The minimum Gasteiger partial charge on any atom is -0.356 e. The summed E-state index contributed by atoms with van der Waals surface area (Å²) in [5, 5.41) is 0. The molecular formula is C16H20N6. The summed E-state index contributed by atoms with van der Waals surface area (Å²) in [6.07, 6.45) is 7.18.